The van der Waals surface area contributed by atoms with Crippen molar-refractivity contribution in [3.05, 3.63) is 63.5 Å². The van der Waals surface area contributed by atoms with Crippen LogP contribution in [0, 0.1) is 11.3 Å². The molecule has 1 aromatic carbocycles. The molecule has 0 amide bonds. The van der Waals surface area contributed by atoms with Crippen molar-refractivity contribution < 1.29 is 22.0 Å². The average Bonchev–Trinajstić information content (AvgIpc) is 3.02. The van der Waals surface area contributed by atoms with Crippen LogP contribution < -0.4 is 5.32 Å². The highest BCUT2D eigenvalue weighted by molar-refractivity contribution is 7.99. The van der Waals surface area contributed by atoms with Crippen LogP contribution in [-0.2, 0) is 12.7 Å². The van der Waals surface area contributed by atoms with E-state index in [4.69, 9.17) is 23.2 Å². The minimum absolute atomic E-state index is 0.0422. The molecule has 31 heavy (non-hydrogen) atoms. The van der Waals surface area contributed by atoms with E-state index in [-0.39, 0.29) is 40.4 Å². The van der Waals surface area contributed by atoms with Crippen molar-refractivity contribution in [3.8, 4) is 11.8 Å². The summed E-state index contributed by atoms with van der Waals surface area (Å²) in [6.45, 7) is 0.0658. The number of hydrogen-bond donors (Lipinski definition) is 1. The molecule has 0 aliphatic carbocycles. The fourth-order valence-electron chi connectivity index (χ4n) is 2.65. The summed E-state index contributed by atoms with van der Waals surface area (Å²) in [4.78, 5) is 3.92. The number of benzene rings is 1. The summed E-state index contributed by atoms with van der Waals surface area (Å²) in [5.74, 6) is -2.92. The number of hydrogen-bond acceptors (Lipinski definition) is 5. The normalized spacial score (nSPS) is 11.6. The van der Waals surface area contributed by atoms with E-state index in [1.165, 1.54) is 6.20 Å². The van der Waals surface area contributed by atoms with Gasteiger partial charge in [-0.3, -0.25) is 4.98 Å². The lowest BCUT2D eigenvalue weighted by molar-refractivity contribution is -0.137. The van der Waals surface area contributed by atoms with Gasteiger partial charge >= 0.3 is 6.18 Å². The monoisotopic (exact) mass is 493 g/mol. The number of nitrogens with zero attached hydrogens (tertiary/aromatic N) is 4. The zero-order chi connectivity index (χ0) is 22.8. The zero-order valence-electron chi connectivity index (χ0n) is 15.1. The van der Waals surface area contributed by atoms with Gasteiger partial charge < -0.3 is 5.32 Å². The maximum Gasteiger partial charge on any atom is 0.419 e. The third-order valence-corrected chi connectivity index (χ3v) is 5.27. The van der Waals surface area contributed by atoms with Gasteiger partial charge in [-0.25, -0.2) is 4.68 Å². The Bertz CT molecular complexity index is 1110. The number of anilines is 1. The van der Waals surface area contributed by atoms with Crippen LogP contribution in [0.2, 0.25) is 10.0 Å². The standard InChI is InChI=1S/C18H10Cl2F5N5S/c19-11-5-10(6-12(20)14(11)18(23,24)25)30-16(28-8-9-3-1-2-4-27-9)15(31-17(21)22)13(7-26)29-30/h1-6,17,28H,8H2. The summed E-state index contributed by atoms with van der Waals surface area (Å²) in [7, 11) is 0. The summed E-state index contributed by atoms with van der Waals surface area (Å²) in [6, 6.07) is 8.65. The number of aromatic nitrogens is 3. The number of pyridine rings is 1. The fourth-order valence-corrected chi connectivity index (χ4v) is 3.99. The minimum atomic E-state index is -4.80. The van der Waals surface area contributed by atoms with E-state index in [1.807, 2.05) is 0 Å². The predicted octanol–water partition coefficient (Wildman–Crippen LogP) is 6.39. The van der Waals surface area contributed by atoms with E-state index >= 15 is 0 Å². The number of alkyl halides is 5. The fraction of sp³-hybridized carbons (Fsp3) is 0.167. The molecule has 0 fully saturated rings. The van der Waals surface area contributed by atoms with Crippen molar-refractivity contribution in [3.63, 3.8) is 0 Å². The van der Waals surface area contributed by atoms with Gasteiger partial charge in [-0.1, -0.05) is 29.3 Å². The van der Waals surface area contributed by atoms with Gasteiger partial charge in [-0.15, -0.1) is 0 Å². The molecule has 2 aromatic heterocycles. The summed E-state index contributed by atoms with van der Waals surface area (Å²) >= 11 is 11.7. The van der Waals surface area contributed by atoms with E-state index in [0.717, 1.165) is 16.8 Å². The molecule has 0 aliphatic heterocycles. The van der Waals surface area contributed by atoms with Gasteiger partial charge in [0.2, 0.25) is 0 Å². The first kappa shape index (κ1) is 23.1. The van der Waals surface area contributed by atoms with Crippen LogP contribution in [0.3, 0.4) is 0 Å². The molecule has 162 valence electrons. The minimum Gasteiger partial charge on any atom is -0.363 e. The second-order valence-electron chi connectivity index (χ2n) is 5.89. The number of halogens is 7. The lowest BCUT2D eigenvalue weighted by Gasteiger charge is -2.15. The van der Waals surface area contributed by atoms with Crippen molar-refractivity contribution in [1.82, 2.24) is 14.8 Å². The van der Waals surface area contributed by atoms with Crippen LogP contribution in [-0.4, -0.2) is 20.5 Å². The predicted molar refractivity (Wildman–Crippen MR) is 107 cm³/mol. The average molecular weight is 494 g/mol. The molecule has 3 aromatic rings. The number of nitriles is 1. The summed E-state index contributed by atoms with van der Waals surface area (Å²) in [6.07, 6.45) is -3.27. The molecule has 0 saturated heterocycles. The number of nitrogens with one attached hydrogen (secondary N) is 1. The van der Waals surface area contributed by atoms with Crippen molar-refractivity contribution >= 4 is 40.8 Å². The van der Waals surface area contributed by atoms with E-state index in [9.17, 15) is 27.2 Å². The summed E-state index contributed by atoms with van der Waals surface area (Å²) in [5, 5.41) is 14.7. The van der Waals surface area contributed by atoms with Crippen LogP contribution in [0.1, 0.15) is 17.0 Å². The maximum atomic E-state index is 13.2. The van der Waals surface area contributed by atoms with Crippen LogP contribution in [0.15, 0.2) is 41.4 Å². The molecule has 0 aliphatic rings. The quantitative estimate of drug-likeness (QED) is 0.318. The SMILES string of the molecule is N#Cc1nn(-c2cc(Cl)c(C(F)(F)F)c(Cl)c2)c(NCc2ccccn2)c1SC(F)F. The first-order valence-corrected chi connectivity index (χ1v) is 9.93. The van der Waals surface area contributed by atoms with Gasteiger partial charge in [0.05, 0.1) is 38.4 Å². The first-order chi connectivity index (χ1) is 14.6. The van der Waals surface area contributed by atoms with Crippen molar-refractivity contribution in [2.75, 3.05) is 5.32 Å². The second-order valence-corrected chi connectivity index (χ2v) is 7.70. The maximum absolute atomic E-state index is 13.2. The van der Waals surface area contributed by atoms with E-state index < -0.39 is 27.5 Å². The van der Waals surface area contributed by atoms with Gasteiger partial charge in [0.25, 0.3) is 5.76 Å². The van der Waals surface area contributed by atoms with E-state index in [1.54, 1.807) is 24.3 Å². The van der Waals surface area contributed by atoms with Gasteiger partial charge in [-0.2, -0.15) is 32.3 Å². The molecule has 2 heterocycles. The molecular weight excluding hydrogens is 484 g/mol. The lowest BCUT2D eigenvalue weighted by atomic mass is 10.2. The summed E-state index contributed by atoms with van der Waals surface area (Å²) in [5.41, 5.74) is -1.09. The highest BCUT2D eigenvalue weighted by Gasteiger charge is 2.36. The van der Waals surface area contributed by atoms with Crippen molar-refractivity contribution in [2.24, 2.45) is 0 Å². The molecule has 5 nitrogen and oxygen atoms in total. The Balaban J connectivity index is 2.13. The molecular formula is C18H10Cl2F5N5S. The van der Waals surface area contributed by atoms with Crippen molar-refractivity contribution in [1.29, 1.82) is 5.26 Å². The third kappa shape index (κ3) is 5.20. The summed E-state index contributed by atoms with van der Waals surface area (Å²) < 4.78 is 66.7. The van der Waals surface area contributed by atoms with E-state index in [0.29, 0.717) is 5.69 Å². The Morgan fingerprint density at radius 2 is 1.87 bits per heavy atom. The van der Waals surface area contributed by atoms with Gasteiger partial charge in [0.1, 0.15) is 11.9 Å². The highest BCUT2D eigenvalue weighted by atomic mass is 35.5. The molecule has 0 unspecified atom stereocenters. The number of thioether (sulfide) groups is 1. The molecule has 3 rings (SSSR count). The Kier molecular flexibility index (Phi) is 6.93. The third-order valence-electron chi connectivity index (χ3n) is 3.87. The molecule has 0 radical (unpaired) electrons. The van der Waals surface area contributed by atoms with Crippen molar-refractivity contribution in [2.45, 2.75) is 23.4 Å². The second kappa shape index (κ2) is 9.30. The van der Waals surface area contributed by atoms with Crippen LogP contribution in [0.5, 0.6) is 0 Å². The largest absolute Gasteiger partial charge is 0.419 e. The van der Waals surface area contributed by atoms with Crippen LogP contribution >= 0.6 is 35.0 Å². The molecule has 0 atom stereocenters. The molecule has 0 saturated carbocycles. The Hall–Kier alpha value is -2.55. The van der Waals surface area contributed by atoms with Gasteiger partial charge in [0.15, 0.2) is 5.69 Å². The van der Waals surface area contributed by atoms with Crippen LogP contribution in [0.4, 0.5) is 27.8 Å². The molecule has 1 N–H and O–H groups in total. The Morgan fingerprint density at radius 3 is 2.39 bits per heavy atom. The Morgan fingerprint density at radius 1 is 1.19 bits per heavy atom. The zero-order valence-corrected chi connectivity index (χ0v) is 17.4. The van der Waals surface area contributed by atoms with Gasteiger partial charge in [-0.05, 0) is 36.0 Å². The highest BCUT2D eigenvalue weighted by Crippen LogP contribution is 2.42. The lowest BCUT2D eigenvalue weighted by Crippen LogP contribution is -2.10. The van der Waals surface area contributed by atoms with E-state index in [2.05, 4.69) is 15.4 Å². The number of rotatable bonds is 6. The smallest absolute Gasteiger partial charge is 0.363 e. The molecule has 0 bridgehead atoms. The first-order valence-electron chi connectivity index (χ1n) is 8.30. The van der Waals surface area contributed by atoms with Crippen LogP contribution in [0.25, 0.3) is 5.69 Å². The molecule has 13 heteroatoms. The van der Waals surface area contributed by atoms with Gasteiger partial charge in [0, 0.05) is 6.20 Å². The molecule has 0 spiro atoms. The Labute approximate surface area is 186 Å². The topological polar surface area (TPSA) is 66.5 Å².